The third-order valence-corrected chi connectivity index (χ3v) is 7.79. The maximum absolute atomic E-state index is 13.4. The van der Waals surface area contributed by atoms with Crippen molar-refractivity contribution in [2.75, 3.05) is 37.7 Å². The van der Waals surface area contributed by atoms with Gasteiger partial charge in [0, 0.05) is 32.2 Å². The molecule has 5 rings (SSSR count). The van der Waals surface area contributed by atoms with Gasteiger partial charge >= 0.3 is 6.18 Å². The van der Waals surface area contributed by atoms with E-state index in [9.17, 15) is 18.0 Å². The van der Waals surface area contributed by atoms with Crippen LogP contribution in [-0.4, -0.2) is 76.9 Å². The number of aryl methyl sites for hydroxylation is 2. The van der Waals surface area contributed by atoms with E-state index in [-0.39, 0.29) is 41.3 Å². The van der Waals surface area contributed by atoms with Gasteiger partial charge in [-0.2, -0.15) is 13.2 Å². The number of rotatable bonds is 8. The van der Waals surface area contributed by atoms with Crippen LogP contribution in [0.4, 0.5) is 18.9 Å². The van der Waals surface area contributed by atoms with E-state index in [0.717, 1.165) is 55.6 Å². The highest BCUT2D eigenvalue weighted by molar-refractivity contribution is 5.82. The number of halogens is 3. The average molecular weight is 561 g/mol. The maximum atomic E-state index is 13.4. The number of fused-ring (bicyclic) bond motifs is 1. The number of benzene rings is 1. The predicted octanol–water partition coefficient (Wildman–Crippen LogP) is 4.16. The number of anilines is 1. The minimum atomic E-state index is -4.53. The Morgan fingerprint density at radius 2 is 2.10 bits per heavy atom. The Balaban J connectivity index is 1.23. The molecule has 12 heteroatoms. The number of nitrogens with one attached hydrogen (secondary N) is 2. The fourth-order valence-corrected chi connectivity index (χ4v) is 6.00. The smallest absolute Gasteiger partial charge is 0.371 e. The molecule has 3 aromatic rings. The zero-order valence-corrected chi connectivity index (χ0v) is 22.8. The third-order valence-electron chi connectivity index (χ3n) is 7.79. The Labute approximate surface area is 230 Å². The molecule has 4 heterocycles. The van der Waals surface area contributed by atoms with Crippen molar-refractivity contribution in [3.8, 4) is 0 Å². The molecular weight excluding hydrogens is 525 g/mol. The lowest BCUT2D eigenvalue weighted by Crippen LogP contribution is -2.45. The quantitative estimate of drug-likeness (QED) is 0.399. The lowest BCUT2D eigenvalue weighted by molar-refractivity contribution is -0.136. The van der Waals surface area contributed by atoms with Gasteiger partial charge in [-0.05, 0) is 45.2 Å². The summed E-state index contributed by atoms with van der Waals surface area (Å²) in [6.45, 7) is 11.1. The molecule has 0 spiro atoms. The van der Waals surface area contributed by atoms with Crippen LogP contribution >= 0.6 is 0 Å². The standard InChI is InChI=1S/C28H35F3N6O3/c1-4-13-39-23-16-37(19-7-6-11-36(12-10-19)27-17(2)35-40-18(27)3)15-22(23)33-25(38)14-24-32-21-9-5-8-20(26(21)34-24)28(29,30)31/h4-5,8-9,19,22-23H,1,6-7,10-16H2,2-3H3,(H,32,34)(H,33,38)/t19?,22?,23-/m0/s1. The Kier molecular flexibility index (Phi) is 8.18. The van der Waals surface area contributed by atoms with Crippen LogP contribution in [0.2, 0.25) is 0 Å². The van der Waals surface area contributed by atoms with Gasteiger partial charge in [0.15, 0.2) is 5.76 Å². The SMILES string of the molecule is C=CCO[C@H]1CN(C2CCCN(c3c(C)noc3C)CC2)CC1NC(=O)Cc1nc2c(C(F)(F)F)cccc2[nH]1. The molecule has 0 saturated carbocycles. The van der Waals surface area contributed by atoms with E-state index in [2.05, 4.69) is 36.8 Å². The molecule has 2 aromatic heterocycles. The van der Waals surface area contributed by atoms with Crippen molar-refractivity contribution >= 4 is 22.6 Å². The summed E-state index contributed by atoms with van der Waals surface area (Å²) < 4.78 is 51.5. The van der Waals surface area contributed by atoms with Crippen LogP contribution < -0.4 is 10.2 Å². The first-order chi connectivity index (χ1) is 19.1. The number of hydrogen-bond acceptors (Lipinski definition) is 7. The minimum Gasteiger partial charge on any atom is -0.371 e. The van der Waals surface area contributed by atoms with Gasteiger partial charge in [-0.25, -0.2) is 4.98 Å². The molecule has 216 valence electrons. The van der Waals surface area contributed by atoms with Gasteiger partial charge in [-0.3, -0.25) is 9.69 Å². The molecular formula is C28H35F3N6O3. The van der Waals surface area contributed by atoms with Crippen LogP contribution in [0, 0.1) is 13.8 Å². The second-order valence-electron chi connectivity index (χ2n) is 10.6. The Bertz CT molecular complexity index is 1330. The van der Waals surface area contributed by atoms with Gasteiger partial charge in [0.2, 0.25) is 5.91 Å². The molecule has 0 aliphatic carbocycles. The number of aromatic amines is 1. The lowest BCUT2D eigenvalue weighted by Gasteiger charge is -2.27. The van der Waals surface area contributed by atoms with Gasteiger partial charge in [0.05, 0.1) is 36.3 Å². The first-order valence-electron chi connectivity index (χ1n) is 13.6. The van der Waals surface area contributed by atoms with Crippen molar-refractivity contribution in [1.29, 1.82) is 0 Å². The third kappa shape index (κ3) is 6.02. The van der Waals surface area contributed by atoms with Gasteiger partial charge in [-0.15, -0.1) is 6.58 Å². The maximum Gasteiger partial charge on any atom is 0.418 e. The van der Waals surface area contributed by atoms with E-state index in [1.54, 1.807) is 6.08 Å². The molecule has 2 fully saturated rings. The second-order valence-corrected chi connectivity index (χ2v) is 10.6. The summed E-state index contributed by atoms with van der Waals surface area (Å²) >= 11 is 0. The molecule has 3 atom stereocenters. The van der Waals surface area contributed by atoms with Crippen molar-refractivity contribution in [1.82, 2.24) is 25.3 Å². The molecule has 2 N–H and O–H groups in total. The van der Waals surface area contributed by atoms with Crippen molar-refractivity contribution in [3.05, 3.63) is 53.7 Å². The molecule has 2 saturated heterocycles. The highest BCUT2D eigenvalue weighted by Crippen LogP contribution is 2.34. The van der Waals surface area contributed by atoms with Crippen LogP contribution in [-0.2, 0) is 22.1 Å². The summed E-state index contributed by atoms with van der Waals surface area (Å²) in [6, 6.07) is 3.90. The monoisotopic (exact) mass is 560 g/mol. The van der Waals surface area contributed by atoms with Crippen LogP contribution in [0.1, 0.15) is 42.1 Å². The van der Waals surface area contributed by atoms with E-state index in [1.807, 2.05) is 13.8 Å². The number of likely N-dealkylation sites (tertiary alicyclic amines) is 1. The van der Waals surface area contributed by atoms with Gasteiger partial charge < -0.3 is 24.5 Å². The summed E-state index contributed by atoms with van der Waals surface area (Å²) in [5.74, 6) is 0.694. The van der Waals surface area contributed by atoms with Crippen LogP contribution in [0.3, 0.4) is 0 Å². The van der Waals surface area contributed by atoms with Gasteiger partial charge in [0.1, 0.15) is 22.7 Å². The molecule has 1 aromatic carbocycles. The summed E-state index contributed by atoms with van der Waals surface area (Å²) in [4.78, 5) is 24.7. The van der Waals surface area contributed by atoms with E-state index < -0.39 is 11.7 Å². The van der Waals surface area contributed by atoms with Crippen molar-refractivity contribution in [2.24, 2.45) is 0 Å². The first-order valence-corrected chi connectivity index (χ1v) is 13.6. The highest BCUT2D eigenvalue weighted by atomic mass is 19.4. The molecule has 2 unspecified atom stereocenters. The van der Waals surface area contributed by atoms with E-state index >= 15 is 0 Å². The van der Waals surface area contributed by atoms with Crippen LogP contribution in [0.25, 0.3) is 11.0 Å². The number of hydrogen-bond donors (Lipinski definition) is 2. The number of aromatic nitrogens is 3. The fraction of sp³-hybridized carbons (Fsp3) is 0.536. The van der Waals surface area contributed by atoms with E-state index in [1.165, 1.54) is 12.1 Å². The molecule has 40 heavy (non-hydrogen) atoms. The lowest BCUT2D eigenvalue weighted by atomic mass is 10.1. The predicted molar refractivity (Wildman–Crippen MR) is 144 cm³/mol. The van der Waals surface area contributed by atoms with Crippen LogP contribution in [0.15, 0.2) is 35.4 Å². The number of alkyl halides is 3. The first kappa shape index (κ1) is 28.2. The number of amides is 1. The second kappa shape index (κ2) is 11.6. The average Bonchev–Trinajstić information content (AvgIpc) is 3.53. The largest absolute Gasteiger partial charge is 0.418 e. The van der Waals surface area contributed by atoms with Crippen molar-refractivity contribution < 1.29 is 27.2 Å². The summed E-state index contributed by atoms with van der Waals surface area (Å²) in [6.07, 6.45) is -0.231. The van der Waals surface area contributed by atoms with Crippen molar-refractivity contribution in [2.45, 2.75) is 63.9 Å². The zero-order valence-electron chi connectivity index (χ0n) is 22.8. The zero-order chi connectivity index (χ0) is 28.4. The molecule has 2 aliphatic rings. The van der Waals surface area contributed by atoms with Crippen molar-refractivity contribution in [3.63, 3.8) is 0 Å². The number of imidazole rings is 1. The van der Waals surface area contributed by atoms with E-state index in [4.69, 9.17) is 9.26 Å². The molecule has 0 radical (unpaired) electrons. The van der Waals surface area contributed by atoms with Gasteiger partial charge in [0.25, 0.3) is 0 Å². The van der Waals surface area contributed by atoms with E-state index in [0.29, 0.717) is 25.7 Å². The summed E-state index contributed by atoms with van der Waals surface area (Å²) in [5, 5.41) is 7.16. The van der Waals surface area contributed by atoms with Crippen LogP contribution in [0.5, 0.6) is 0 Å². The molecule has 9 nitrogen and oxygen atoms in total. The number of ether oxygens (including phenoxy) is 1. The number of H-pyrrole nitrogens is 1. The normalized spacial score (nSPS) is 22.5. The highest BCUT2D eigenvalue weighted by Gasteiger charge is 2.38. The number of carbonyl (C=O) groups is 1. The molecule has 2 aliphatic heterocycles. The summed E-state index contributed by atoms with van der Waals surface area (Å²) in [5.41, 5.74) is 1.21. The number of carbonyl (C=O) groups excluding carboxylic acids is 1. The minimum absolute atomic E-state index is 0.160. The number of nitrogens with zero attached hydrogens (tertiary/aromatic N) is 4. The Hall–Kier alpha value is -3.38. The number of para-hydroxylation sites is 1. The Morgan fingerprint density at radius 3 is 2.83 bits per heavy atom. The Morgan fingerprint density at radius 1 is 1.27 bits per heavy atom. The molecule has 1 amide bonds. The molecule has 0 bridgehead atoms. The topological polar surface area (TPSA) is 99.5 Å². The van der Waals surface area contributed by atoms with Gasteiger partial charge in [-0.1, -0.05) is 17.3 Å². The summed E-state index contributed by atoms with van der Waals surface area (Å²) in [7, 11) is 0. The fourth-order valence-electron chi connectivity index (χ4n) is 6.00.